The Morgan fingerprint density at radius 1 is 0.531 bits per heavy atom. The van der Waals surface area contributed by atoms with Gasteiger partial charge in [0, 0.05) is 0 Å². The van der Waals surface area contributed by atoms with Crippen LogP contribution in [-0.2, 0) is 14.3 Å². The van der Waals surface area contributed by atoms with Crippen LogP contribution < -0.4 is 5.32 Å². The maximum absolute atomic E-state index is 13.0. The van der Waals surface area contributed by atoms with Gasteiger partial charge in [0.25, 0.3) is 0 Å². The van der Waals surface area contributed by atoms with Gasteiger partial charge < -0.3 is 50.5 Å². The zero-order chi connectivity index (χ0) is 46.9. The second-order valence-corrected chi connectivity index (χ2v) is 19.3. The zero-order valence-electron chi connectivity index (χ0n) is 41.3. The van der Waals surface area contributed by atoms with E-state index in [1.807, 2.05) is 6.08 Å². The van der Waals surface area contributed by atoms with Gasteiger partial charge in [0.2, 0.25) is 5.91 Å². The summed E-state index contributed by atoms with van der Waals surface area (Å²) in [5, 5.41) is 75.3. The van der Waals surface area contributed by atoms with E-state index in [1.54, 1.807) is 0 Å². The first-order valence-electron chi connectivity index (χ1n) is 27.1. The monoisotopic (exact) mass is 914 g/mol. The van der Waals surface area contributed by atoms with Crippen LogP contribution in [0.1, 0.15) is 251 Å². The molecule has 1 aliphatic heterocycles. The molecule has 1 amide bonds. The predicted molar refractivity (Wildman–Crippen MR) is 261 cm³/mol. The summed E-state index contributed by atoms with van der Waals surface area (Å²) in [5.74, 6) is -0.707. The third-order valence-electron chi connectivity index (χ3n) is 13.3. The Labute approximate surface area is 392 Å². The third-order valence-corrected chi connectivity index (χ3v) is 13.3. The maximum atomic E-state index is 13.0. The molecule has 0 aliphatic carbocycles. The molecule has 1 heterocycles. The van der Waals surface area contributed by atoms with Crippen LogP contribution >= 0.6 is 0 Å². The summed E-state index contributed by atoms with van der Waals surface area (Å²) in [7, 11) is 0. The van der Waals surface area contributed by atoms with E-state index >= 15 is 0 Å². The van der Waals surface area contributed by atoms with Crippen molar-refractivity contribution in [3.8, 4) is 0 Å². The van der Waals surface area contributed by atoms with Crippen molar-refractivity contribution < 1.29 is 50.0 Å². The van der Waals surface area contributed by atoms with Crippen LogP contribution in [0.3, 0.4) is 0 Å². The topological polar surface area (TPSA) is 189 Å². The van der Waals surface area contributed by atoms with Gasteiger partial charge in [-0.05, 0) is 32.1 Å². The van der Waals surface area contributed by atoms with Gasteiger partial charge in [-0.1, -0.05) is 231 Å². The first-order valence-corrected chi connectivity index (χ1v) is 27.1. The Kier molecular flexibility index (Phi) is 41.0. The van der Waals surface area contributed by atoms with Gasteiger partial charge in [-0.2, -0.15) is 0 Å². The van der Waals surface area contributed by atoms with Crippen molar-refractivity contribution >= 4 is 5.91 Å². The number of ether oxygens (including phenoxy) is 2. The van der Waals surface area contributed by atoms with E-state index in [4.69, 9.17) is 9.47 Å². The van der Waals surface area contributed by atoms with Gasteiger partial charge in [0.15, 0.2) is 6.29 Å². The van der Waals surface area contributed by atoms with E-state index < -0.39 is 74.2 Å². The summed E-state index contributed by atoms with van der Waals surface area (Å²) < 4.78 is 11.0. The fraction of sp³-hybridized carbons (Fsp3) is 0.943. The van der Waals surface area contributed by atoms with Gasteiger partial charge in [-0.25, -0.2) is 0 Å². The number of hydrogen-bond acceptors (Lipinski definition) is 10. The average Bonchev–Trinajstić information content (AvgIpc) is 3.29. The lowest BCUT2D eigenvalue weighted by Gasteiger charge is -2.40. The molecule has 1 fully saturated rings. The number of allylic oxidation sites excluding steroid dienone is 2. The highest BCUT2D eigenvalue weighted by Gasteiger charge is 2.44. The Morgan fingerprint density at radius 3 is 1.34 bits per heavy atom. The lowest BCUT2D eigenvalue weighted by Crippen LogP contribution is -2.60. The number of amides is 1. The molecular weight excluding hydrogens is 811 g/mol. The van der Waals surface area contributed by atoms with E-state index in [9.17, 15) is 40.5 Å². The molecular formula is C53H103NO10. The summed E-state index contributed by atoms with van der Waals surface area (Å²) in [6.07, 6.45) is 37.9. The van der Waals surface area contributed by atoms with Crippen molar-refractivity contribution in [3.63, 3.8) is 0 Å². The van der Waals surface area contributed by atoms with Crippen LogP contribution in [0.4, 0.5) is 0 Å². The highest BCUT2D eigenvalue weighted by molar-refractivity contribution is 5.80. The molecule has 11 nitrogen and oxygen atoms in total. The first-order chi connectivity index (χ1) is 31.2. The molecule has 380 valence electrons. The lowest BCUT2D eigenvalue weighted by molar-refractivity contribution is -0.303. The van der Waals surface area contributed by atoms with Crippen LogP contribution in [0, 0.1) is 0 Å². The molecule has 64 heavy (non-hydrogen) atoms. The predicted octanol–water partition coefficient (Wildman–Crippen LogP) is 10.4. The Bertz CT molecular complexity index is 1050. The minimum Gasteiger partial charge on any atom is -0.394 e. The van der Waals surface area contributed by atoms with E-state index in [-0.39, 0.29) is 12.8 Å². The number of nitrogens with one attached hydrogen (secondary N) is 1. The molecule has 9 atom stereocenters. The van der Waals surface area contributed by atoms with E-state index in [0.717, 1.165) is 38.5 Å². The second kappa shape index (κ2) is 43.2. The number of carbonyl (C=O) groups excluding carboxylic acids is 1. The normalized spacial score (nSPS) is 21.0. The summed E-state index contributed by atoms with van der Waals surface area (Å²) in [6.45, 7) is 3.31. The molecule has 0 bridgehead atoms. The largest absolute Gasteiger partial charge is 0.394 e. The smallest absolute Gasteiger partial charge is 0.249 e. The molecule has 0 saturated carbocycles. The van der Waals surface area contributed by atoms with Crippen LogP contribution in [-0.4, -0.2) is 110 Å². The van der Waals surface area contributed by atoms with Crippen molar-refractivity contribution in [2.45, 2.75) is 306 Å². The van der Waals surface area contributed by atoms with Gasteiger partial charge in [-0.3, -0.25) is 4.79 Å². The van der Waals surface area contributed by atoms with Crippen molar-refractivity contribution in [3.05, 3.63) is 12.2 Å². The highest BCUT2D eigenvalue weighted by Crippen LogP contribution is 2.23. The zero-order valence-corrected chi connectivity index (χ0v) is 41.3. The minimum atomic E-state index is -1.66. The Balaban J connectivity index is 2.11. The number of unbranched alkanes of at least 4 members (excludes halogenated alkanes) is 32. The summed E-state index contributed by atoms with van der Waals surface area (Å²) >= 11 is 0. The van der Waals surface area contributed by atoms with Crippen LogP contribution in [0.15, 0.2) is 12.2 Å². The molecule has 8 N–H and O–H groups in total. The van der Waals surface area contributed by atoms with E-state index in [2.05, 4.69) is 25.2 Å². The van der Waals surface area contributed by atoms with Crippen LogP contribution in [0.2, 0.25) is 0 Å². The highest BCUT2D eigenvalue weighted by atomic mass is 16.7. The number of carbonyl (C=O) groups is 1. The third kappa shape index (κ3) is 31.8. The molecule has 0 aromatic heterocycles. The second-order valence-electron chi connectivity index (χ2n) is 19.3. The Morgan fingerprint density at radius 2 is 0.938 bits per heavy atom. The van der Waals surface area contributed by atoms with Crippen molar-refractivity contribution in [1.29, 1.82) is 0 Å². The molecule has 0 radical (unpaired) electrons. The van der Waals surface area contributed by atoms with Gasteiger partial charge in [0.05, 0.1) is 25.4 Å². The maximum Gasteiger partial charge on any atom is 0.249 e. The van der Waals surface area contributed by atoms with Gasteiger partial charge in [-0.15, -0.1) is 0 Å². The first kappa shape index (κ1) is 60.9. The molecule has 0 spiro atoms. The van der Waals surface area contributed by atoms with Crippen molar-refractivity contribution in [2.24, 2.45) is 0 Å². The van der Waals surface area contributed by atoms with Crippen LogP contribution in [0.25, 0.3) is 0 Å². The van der Waals surface area contributed by atoms with Crippen LogP contribution in [0.5, 0.6) is 0 Å². The Hall–Kier alpha value is -1.15. The van der Waals surface area contributed by atoms with Gasteiger partial charge >= 0.3 is 0 Å². The molecule has 1 rings (SSSR count). The molecule has 11 heteroatoms. The van der Waals surface area contributed by atoms with E-state index in [1.165, 1.54) is 173 Å². The fourth-order valence-corrected chi connectivity index (χ4v) is 8.86. The molecule has 9 unspecified atom stereocenters. The van der Waals surface area contributed by atoms with E-state index in [0.29, 0.717) is 12.8 Å². The number of hydrogen-bond donors (Lipinski definition) is 8. The standard InChI is InChI=1S/C53H103NO10/c1-3-5-7-9-11-12-13-14-15-16-17-18-19-20-21-22-23-24-25-26-27-28-29-30-31-32-33-34-35-37-39-41-46(57)52(62)54-44(48(58)45(56)40-38-36-10-8-6-4-2)43-63-53-51(61)50(60)49(59)47(42-55)64-53/h8,10,44-51,53,55-61H,3-7,9,11-43H2,1-2H3,(H,54,62)/b10-8+. The SMILES string of the molecule is CCC/C=C/CCCC(O)C(O)C(COC1OC(CO)C(O)C(O)C1O)NC(=O)C(O)CCCCCCCCCCCCCCCCCCCCCCCCCCCCCCCCC. The van der Waals surface area contributed by atoms with Gasteiger partial charge in [0.1, 0.15) is 36.6 Å². The van der Waals surface area contributed by atoms with Crippen molar-refractivity contribution in [1.82, 2.24) is 5.32 Å². The minimum absolute atomic E-state index is 0.256. The molecule has 1 aliphatic rings. The molecule has 1 saturated heterocycles. The number of aliphatic hydroxyl groups excluding tert-OH is 7. The summed E-state index contributed by atoms with van der Waals surface area (Å²) in [5.41, 5.74) is 0. The number of aliphatic hydroxyl groups is 7. The summed E-state index contributed by atoms with van der Waals surface area (Å²) in [6, 6.07) is -1.18. The molecule has 0 aromatic rings. The molecule has 0 aromatic carbocycles. The summed E-state index contributed by atoms with van der Waals surface area (Å²) in [4.78, 5) is 13.0. The fourth-order valence-electron chi connectivity index (χ4n) is 8.86. The lowest BCUT2D eigenvalue weighted by atomic mass is 9.98. The average molecular weight is 914 g/mol. The number of rotatable bonds is 46. The van der Waals surface area contributed by atoms with Crippen molar-refractivity contribution in [2.75, 3.05) is 13.2 Å². The quantitative estimate of drug-likeness (QED) is 0.0216.